The van der Waals surface area contributed by atoms with Crippen molar-refractivity contribution in [3.63, 3.8) is 0 Å². The molecule has 3 rings (SSSR count). The summed E-state index contributed by atoms with van der Waals surface area (Å²) in [6, 6.07) is 3.66. The molecular weight excluding hydrogens is 290 g/mol. The molecule has 6 nitrogen and oxygen atoms in total. The molecule has 0 aliphatic carbocycles. The Bertz CT molecular complexity index is 629. The van der Waals surface area contributed by atoms with Crippen molar-refractivity contribution in [3.05, 3.63) is 40.9 Å². The van der Waals surface area contributed by atoms with E-state index >= 15 is 0 Å². The summed E-state index contributed by atoms with van der Waals surface area (Å²) in [6.07, 6.45) is 4.66. The number of aryl methyl sites for hydroxylation is 1. The topological polar surface area (TPSA) is 75.9 Å². The zero-order valence-electron chi connectivity index (χ0n) is 12.0. The van der Waals surface area contributed by atoms with Crippen LogP contribution in [0.4, 0.5) is 0 Å². The van der Waals surface area contributed by atoms with E-state index in [4.69, 9.17) is 11.6 Å². The number of pyridine rings is 1. The number of hydrogen-bond donors (Lipinski definition) is 2. The lowest BCUT2D eigenvalue weighted by Crippen LogP contribution is -2.47. The second-order valence-electron chi connectivity index (χ2n) is 5.75. The maximum absolute atomic E-state index is 11.1. The van der Waals surface area contributed by atoms with Gasteiger partial charge in [-0.05, 0) is 19.4 Å². The minimum Gasteiger partial charge on any atom is -0.385 e. The highest BCUT2D eigenvalue weighted by Crippen LogP contribution is 2.39. The van der Waals surface area contributed by atoms with Crippen LogP contribution in [-0.2, 0) is 12.6 Å². The van der Waals surface area contributed by atoms with Crippen molar-refractivity contribution in [2.75, 3.05) is 0 Å². The summed E-state index contributed by atoms with van der Waals surface area (Å²) >= 11 is 5.83. The van der Waals surface area contributed by atoms with Gasteiger partial charge >= 0.3 is 0 Å². The highest BCUT2D eigenvalue weighted by Gasteiger charge is 2.40. The van der Waals surface area contributed by atoms with Gasteiger partial charge in [0.15, 0.2) is 0 Å². The molecule has 2 aromatic rings. The van der Waals surface area contributed by atoms with Crippen molar-refractivity contribution in [1.82, 2.24) is 25.3 Å². The first-order valence-corrected chi connectivity index (χ1v) is 7.31. The number of rotatable bonds is 2. The first-order valence-electron chi connectivity index (χ1n) is 6.93. The summed E-state index contributed by atoms with van der Waals surface area (Å²) in [5.41, 5.74) is 0.684. The number of aromatic nitrogens is 4. The molecule has 0 spiro atoms. The molecule has 2 aromatic heterocycles. The molecule has 1 aliphatic rings. The van der Waals surface area contributed by atoms with Gasteiger partial charge in [-0.3, -0.25) is 4.68 Å². The highest BCUT2D eigenvalue weighted by molar-refractivity contribution is 6.29. The fraction of sp³-hybridized carbons (Fsp3) is 0.500. The Hall–Kier alpha value is -1.50. The molecule has 0 unspecified atom stereocenters. The van der Waals surface area contributed by atoms with Gasteiger partial charge in [-0.25, -0.2) is 4.98 Å². The maximum Gasteiger partial charge on any atom is 0.129 e. The van der Waals surface area contributed by atoms with Crippen LogP contribution in [0.2, 0.25) is 5.15 Å². The lowest BCUT2D eigenvalue weighted by atomic mass is 9.79. The zero-order valence-corrected chi connectivity index (χ0v) is 12.7. The smallest absolute Gasteiger partial charge is 0.129 e. The monoisotopic (exact) mass is 307 g/mol. The Labute approximate surface area is 128 Å². The van der Waals surface area contributed by atoms with Gasteiger partial charge in [0.05, 0.1) is 17.3 Å². The first kappa shape index (κ1) is 14.4. The second kappa shape index (κ2) is 5.36. The van der Waals surface area contributed by atoms with Gasteiger partial charge in [-0.2, -0.15) is 0 Å². The molecular formula is C14H18ClN5O. The Morgan fingerprint density at radius 3 is 2.86 bits per heavy atom. The van der Waals surface area contributed by atoms with E-state index in [1.165, 1.54) is 0 Å². The summed E-state index contributed by atoms with van der Waals surface area (Å²) < 4.78 is 1.67. The average molecular weight is 308 g/mol. The summed E-state index contributed by atoms with van der Waals surface area (Å²) in [7, 11) is 1.83. The molecule has 0 radical (unpaired) electrons. The van der Waals surface area contributed by atoms with Crippen LogP contribution in [0.25, 0.3) is 0 Å². The number of hydrogen-bond acceptors (Lipinski definition) is 5. The molecule has 0 saturated carbocycles. The van der Waals surface area contributed by atoms with Crippen molar-refractivity contribution in [3.8, 4) is 0 Å². The van der Waals surface area contributed by atoms with E-state index in [2.05, 4.69) is 27.5 Å². The van der Waals surface area contributed by atoms with E-state index < -0.39 is 5.60 Å². The summed E-state index contributed by atoms with van der Waals surface area (Å²) in [5.74, 6) is 0. The zero-order chi connectivity index (χ0) is 15.0. The molecule has 112 valence electrons. The van der Waals surface area contributed by atoms with Crippen molar-refractivity contribution >= 4 is 11.6 Å². The molecule has 3 atom stereocenters. The summed E-state index contributed by atoms with van der Waals surface area (Å²) in [5, 5.41) is 23.1. The molecule has 7 heteroatoms. The predicted molar refractivity (Wildman–Crippen MR) is 78.7 cm³/mol. The Kier molecular flexibility index (Phi) is 3.69. The largest absolute Gasteiger partial charge is 0.385 e. The third-order valence-corrected chi connectivity index (χ3v) is 4.14. The minimum absolute atomic E-state index is 0.0388. The molecule has 0 amide bonds. The molecule has 0 bridgehead atoms. The molecule has 1 fully saturated rings. The number of halogens is 1. The molecule has 2 N–H and O–H groups in total. The lowest BCUT2D eigenvalue weighted by Gasteiger charge is -2.40. The molecule has 1 aliphatic heterocycles. The van der Waals surface area contributed by atoms with E-state index in [1.807, 2.05) is 19.3 Å². The molecule has 3 heterocycles. The quantitative estimate of drug-likeness (QED) is 0.824. The molecule has 21 heavy (non-hydrogen) atoms. The summed E-state index contributed by atoms with van der Waals surface area (Å²) in [4.78, 5) is 4.08. The second-order valence-corrected chi connectivity index (χ2v) is 6.13. The molecule has 0 aromatic carbocycles. The Morgan fingerprint density at radius 2 is 2.24 bits per heavy atom. The number of piperidine rings is 1. The van der Waals surface area contributed by atoms with Crippen LogP contribution in [-0.4, -0.2) is 31.1 Å². The Morgan fingerprint density at radius 1 is 1.43 bits per heavy atom. The number of nitrogens with one attached hydrogen (secondary N) is 1. The number of nitrogens with zero attached hydrogens (tertiary/aromatic N) is 4. The normalized spacial score (nSPS) is 29.5. The van der Waals surface area contributed by atoms with Crippen LogP contribution in [0, 0.1) is 0 Å². The van der Waals surface area contributed by atoms with Crippen molar-refractivity contribution in [2.45, 2.75) is 37.5 Å². The standard InChI is InChI=1S/C14H18ClN5O/c1-9-5-14(21,10-3-4-13(15)16-7-10)6-11(17-9)12-8-20(2)19-18-12/h3-4,7-9,11,17,21H,5-6H2,1-2H3/t9-,11-,14-/m0/s1. The SMILES string of the molecule is C[C@H]1C[C@@](O)(c2ccc(Cl)nc2)C[C@@H](c2cn(C)nn2)N1. The predicted octanol–water partition coefficient (Wildman–Crippen LogP) is 1.56. The Balaban J connectivity index is 1.89. The van der Waals surface area contributed by atoms with E-state index in [1.54, 1.807) is 16.9 Å². The van der Waals surface area contributed by atoms with Crippen molar-refractivity contribution in [1.29, 1.82) is 0 Å². The van der Waals surface area contributed by atoms with Gasteiger partial charge in [0.2, 0.25) is 0 Å². The van der Waals surface area contributed by atoms with Crippen LogP contribution < -0.4 is 5.32 Å². The minimum atomic E-state index is -0.940. The van der Waals surface area contributed by atoms with Crippen LogP contribution in [0.15, 0.2) is 24.5 Å². The van der Waals surface area contributed by atoms with E-state index in [0.29, 0.717) is 18.0 Å². The van der Waals surface area contributed by atoms with Crippen molar-refractivity contribution < 1.29 is 5.11 Å². The maximum atomic E-state index is 11.1. The van der Waals surface area contributed by atoms with Crippen LogP contribution in [0.1, 0.15) is 37.1 Å². The van der Waals surface area contributed by atoms with E-state index in [0.717, 1.165) is 11.3 Å². The van der Waals surface area contributed by atoms with Crippen LogP contribution in [0.3, 0.4) is 0 Å². The van der Waals surface area contributed by atoms with Gasteiger partial charge in [0.25, 0.3) is 0 Å². The average Bonchev–Trinajstić information content (AvgIpc) is 2.85. The van der Waals surface area contributed by atoms with Gasteiger partial charge < -0.3 is 10.4 Å². The fourth-order valence-electron chi connectivity index (χ4n) is 2.99. The third kappa shape index (κ3) is 2.92. The summed E-state index contributed by atoms with van der Waals surface area (Å²) in [6.45, 7) is 2.05. The third-order valence-electron chi connectivity index (χ3n) is 3.91. The molecule has 1 saturated heterocycles. The number of aliphatic hydroxyl groups is 1. The highest BCUT2D eigenvalue weighted by atomic mass is 35.5. The lowest BCUT2D eigenvalue weighted by molar-refractivity contribution is -0.0238. The van der Waals surface area contributed by atoms with E-state index in [9.17, 15) is 5.11 Å². The fourth-order valence-corrected chi connectivity index (χ4v) is 3.10. The van der Waals surface area contributed by atoms with Gasteiger partial charge in [-0.15, -0.1) is 5.10 Å². The van der Waals surface area contributed by atoms with Crippen LogP contribution >= 0.6 is 11.6 Å². The van der Waals surface area contributed by atoms with Crippen LogP contribution in [0.5, 0.6) is 0 Å². The van der Waals surface area contributed by atoms with Gasteiger partial charge in [0.1, 0.15) is 5.15 Å². The van der Waals surface area contributed by atoms with Gasteiger partial charge in [-0.1, -0.05) is 22.9 Å². The van der Waals surface area contributed by atoms with E-state index in [-0.39, 0.29) is 12.1 Å². The van der Waals surface area contributed by atoms with Crippen molar-refractivity contribution in [2.24, 2.45) is 7.05 Å². The first-order chi connectivity index (χ1) is 9.96. The van der Waals surface area contributed by atoms with Gasteiger partial charge in [0, 0.05) is 37.5 Å².